The first-order chi connectivity index (χ1) is 6.69. The van der Waals surface area contributed by atoms with E-state index in [9.17, 15) is 9.59 Å². The topological polar surface area (TPSA) is 54.4 Å². The molecular weight excluding hydrogens is 180 g/mol. The van der Waals surface area contributed by atoms with Crippen molar-refractivity contribution in [2.24, 2.45) is 0 Å². The SMILES string of the molecule is CCCc1ccc(C(=O)O)c(C=O)c1. The van der Waals surface area contributed by atoms with Crippen LogP contribution in [0.1, 0.15) is 39.6 Å². The summed E-state index contributed by atoms with van der Waals surface area (Å²) in [5, 5.41) is 8.76. The van der Waals surface area contributed by atoms with E-state index in [4.69, 9.17) is 5.11 Å². The number of carboxylic acids is 1. The molecule has 0 unspecified atom stereocenters. The lowest BCUT2D eigenvalue weighted by Gasteiger charge is -2.02. The van der Waals surface area contributed by atoms with Gasteiger partial charge in [0.2, 0.25) is 0 Å². The Bertz CT molecular complexity index is 356. The molecule has 0 aliphatic heterocycles. The first-order valence-electron chi connectivity index (χ1n) is 4.50. The summed E-state index contributed by atoms with van der Waals surface area (Å²) in [5.74, 6) is -1.06. The maximum absolute atomic E-state index is 10.7. The highest BCUT2D eigenvalue weighted by molar-refractivity contribution is 5.97. The molecule has 1 aromatic carbocycles. The molecule has 0 aromatic heterocycles. The monoisotopic (exact) mass is 192 g/mol. The number of aldehydes is 1. The third-order valence-electron chi connectivity index (χ3n) is 2.01. The average molecular weight is 192 g/mol. The van der Waals surface area contributed by atoms with Crippen molar-refractivity contribution in [3.63, 3.8) is 0 Å². The fourth-order valence-corrected chi connectivity index (χ4v) is 1.35. The van der Waals surface area contributed by atoms with Gasteiger partial charge in [-0.15, -0.1) is 0 Å². The maximum atomic E-state index is 10.7. The van der Waals surface area contributed by atoms with Gasteiger partial charge in [-0.05, 0) is 24.1 Å². The molecule has 14 heavy (non-hydrogen) atoms. The number of hydrogen-bond donors (Lipinski definition) is 1. The molecule has 0 saturated carbocycles. The predicted octanol–water partition coefficient (Wildman–Crippen LogP) is 2.15. The molecule has 1 aromatic rings. The molecule has 3 heteroatoms. The second-order valence-electron chi connectivity index (χ2n) is 3.09. The Kier molecular flexibility index (Phi) is 3.40. The number of carbonyl (C=O) groups is 2. The second kappa shape index (κ2) is 4.56. The Labute approximate surface area is 82.4 Å². The number of hydrogen-bond acceptors (Lipinski definition) is 2. The van der Waals surface area contributed by atoms with Crippen LogP contribution in [0.5, 0.6) is 0 Å². The Morgan fingerprint density at radius 3 is 2.71 bits per heavy atom. The Morgan fingerprint density at radius 1 is 1.50 bits per heavy atom. The van der Waals surface area contributed by atoms with Gasteiger partial charge >= 0.3 is 5.97 Å². The van der Waals surface area contributed by atoms with Crippen molar-refractivity contribution >= 4 is 12.3 Å². The first-order valence-corrected chi connectivity index (χ1v) is 4.50. The van der Waals surface area contributed by atoms with Crippen LogP contribution < -0.4 is 0 Å². The molecular formula is C11H12O3. The summed E-state index contributed by atoms with van der Waals surface area (Å²) in [4.78, 5) is 21.3. The molecule has 0 aliphatic rings. The van der Waals surface area contributed by atoms with E-state index in [0.29, 0.717) is 6.29 Å². The maximum Gasteiger partial charge on any atom is 0.336 e. The van der Waals surface area contributed by atoms with Gasteiger partial charge in [0.1, 0.15) is 0 Å². The Balaban J connectivity index is 3.11. The number of rotatable bonds is 4. The lowest BCUT2D eigenvalue weighted by atomic mass is 10.0. The fourth-order valence-electron chi connectivity index (χ4n) is 1.35. The summed E-state index contributed by atoms with van der Waals surface area (Å²) in [6, 6.07) is 4.87. The van der Waals surface area contributed by atoms with Crippen molar-refractivity contribution in [2.75, 3.05) is 0 Å². The number of aryl methyl sites for hydroxylation is 1. The largest absolute Gasteiger partial charge is 0.478 e. The van der Waals surface area contributed by atoms with Crippen molar-refractivity contribution in [3.8, 4) is 0 Å². The van der Waals surface area contributed by atoms with Crippen LogP contribution in [0, 0.1) is 0 Å². The summed E-state index contributed by atoms with van der Waals surface area (Å²) in [7, 11) is 0. The van der Waals surface area contributed by atoms with Gasteiger partial charge < -0.3 is 5.11 Å². The Hall–Kier alpha value is -1.64. The molecule has 0 amide bonds. The van der Waals surface area contributed by atoms with Crippen LogP contribution in [0.25, 0.3) is 0 Å². The zero-order valence-corrected chi connectivity index (χ0v) is 7.99. The van der Waals surface area contributed by atoms with Crippen LogP contribution in [0.15, 0.2) is 18.2 Å². The second-order valence-corrected chi connectivity index (χ2v) is 3.09. The summed E-state index contributed by atoms with van der Waals surface area (Å²) in [6.45, 7) is 2.03. The zero-order valence-electron chi connectivity index (χ0n) is 7.99. The fraction of sp³-hybridized carbons (Fsp3) is 0.273. The number of aromatic carboxylic acids is 1. The molecule has 0 atom stereocenters. The molecule has 1 N–H and O–H groups in total. The lowest BCUT2D eigenvalue weighted by molar-refractivity contribution is 0.0694. The summed E-state index contributed by atoms with van der Waals surface area (Å²) >= 11 is 0. The molecule has 0 spiro atoms. The van der Waals surface area contributed by atoms with Crippen LogP contribution >= 0.6 is 0 Å². The van der Waals surface area contributed by atoms with Crippen LogP contribution in [-0.2, 0) is 6.42 Å². The van der Waals surface area contributed by atoms with Crippen LogP contribution in [0.3, 0.4) is 0 Å². The van der Waals surface area contributed by atoms with Crippen LogP contribution in [-0.4, -0.2) is 17.4 Å². The predicted molar refractivity (Wildman–Crippen MR) is 52.8 cm³/mol. The van der Waals surface area contributed by atoms with Gasteiger partial charge in [-0.2, -0.15) is 0 Å². The molecule has 1 rings (SSSR count). The quantitative estimate of drug-likeness (QED) is 0.743. The molecule has 0 fully saturated rings. The van der Waals surface area contributed by atoms with Crippen molar-refractivity contribution in [1.29, 1.82) is 0 Å². The number of carboxylic acid groups (broad SMARTS) is 1. The van der Waals surface area contributed by atoms with Crippen LogP contribution in [0.4, 0.5) is 0 Å². The minimum absolute atomic E-state index is 0.0693. The number of benzene rings is 1. The molecule has 0 bridgehead atoms. The van der Waals surface area contributed by atoms with Gasteiger partial charge in [0, 0.05) is 5.56 Å². The highest BCUT2D eigenvalue weighted by Crippen LogP contribution is 2.11. The van der Waals surface area contributed by atoms with E-state index < -0.39 is 5.97 Å². The molecule has 0 heterocycles. The zero-order chi connectivity index (χ0) is 10.6. The minimum Gasteiger partial charge on any atom is -0.478 e. The average Bonchev–Trinajstić information content (AvgIpc) is 2.17. The van der Waals surface area contributed by atoms with Crippen molar-refractivity contribution in [1.82, 2.24) is 0 Å². The van der Waals surface area contributed by atoms with E-state index in [0.717, 1.165) is 18.4 Å². The van der Waals surface area contributed by atoms with E-state index >= 15 is 0 Å². The third kappa shape index (κ3) is 2.19. The number of carbonyl (C=O) groups excluding carboxylic acids is 1. The highest BCUT2D eigenvalue weighted by Gasteiger charge is 2.09. The van der Waals surface area contributed by atoms with Gasteiger partial charge in [0.15, 0.2) is 6.29 Å². The first kappa shape index (κ1) is 10.4. The van der Waals surface area contributed by atoms with Crippen LogP contribution in [0.2, 0.25) is 0 Å². The summed E-state index contributed by atoms with van der Waals surface area (Å²) < 4.78 is 0. The Morgan fingerprint density at radius 2 is 2.21 bits per heavy atom. The van der Waals surface area contributed by atoms with Gasteiger partial charge in [-0.25, -0.2) is 4.79 Å². The highest BCUT2D eigenvalue weighted by atomic mass is 16.4. The minimum atomic E-state index is -1.06. The third-order valence-corrected chi connectivity index (χ3v) is 2.01. The van der Waals surface area contributed by atoms with Crippen molar-refractivity contribution in [3.05, 3.63) is 34.9 Å². The smallest absolute Gasteiger partial charge is 0.336 e. The van der Waals surface area contributed by atoms with Crippen molar-refractivity contribution < 1.29 is 14.7 Å². The van der Waals surface area contributed by atoms with Crippen molar-refractivity contribution in [2.45, 2.75) is 19.8 Å². The van der Waals surface area contributed by atoms with Gasteiger partial charge in [-0.3, -0.25) is 4.79 Å². The van der Waals surface area contributed by atoms with Gasteiger partial charge in [0.05, 0.1) is 5.56 Å². The molecule has 3 nitrogen and oxygen atoms in total. The molecule has 74 valence electrons. The lowest BCUT2D eigenvalue weighted by Crippen LogP contribution is -2.02. The van der Waals surface area contributed by atoms with E-state index in [1.165, 1.54) is 6.07 Å². The van der Waals surface area contributed by atoms with Gasteiger partial charge in [-0.1, -0.05) is 19.4 Å². The normalized spacial score (nSPS) is 9.79. The van der Waals surface area contributed by atoms with E-state index in [1.54, 1.807) is 12.1 Å². The summed E-state index contributed by atoms with van der Waals surface area (Å²) in [5.41, 5.74) is 1.32. The van der Waals surface area contributed by atoms with E-state index in [1.807, 2.05) is 6.92 Å². The van der Waals surface area contributed by atoms with E-state index in [-0.39, 0.29) is 11.1 Å². The standard InChI is InChI=1S/C11H12O3/c1-2-3-8-4-5-10(11(13)14)9(6-8)7-12/h4-7H,2-3H2,1H3,(H,13,14). The summed E-state index contributed by atoms with van der Waals surface area (Å²) in [6.07, 6.45) is 2.42. The molecule has 0 saturated heterocycles. The van der Waals surface area contributed by atoms with E-state index in [2.05, 4.69) is 0 Å². The molecule has 0 aliphatic carbocycles. The van der Waals surface area contributed by atoms with Gasteiger partial charge in [0.25, 0.3) is 0 Å². The molecule has 0 radical (unpaired) electrons.